The van der Waals surface area contributed by atoms with E-state index in [2.05, 4.69) is 25.9 Å². The molecule has 3 heterocycles. The highest BCUT2D eigenvalue weighted by molar-refractivity contribution is 5.96. The molecular weight excluding hydrogens is 535 g/mol. The van der Waals surface area contributed by atoms with Gasteiger partial charge in [-0.05, 0) is 80.6 Å². The Morgan fingerprint density at radius 3 is 2.67 bits per heavy atom. The maximum absolute atomic E-state index is 14.0. The van der Waals surface area contributed by atoms with E-state index >= 15 is 0 Å². The molecule has 0 bridgehead atoms. The molecule has 0 fully saturated rings. The predicted molar refractivity (Wildman–Crippen MR) is 162 cm³/mol. The van der Waals surface area contributed by atoms with Crippen molar-refractivity contribution >= 4 is 28.4 Å². The molecule has 0 saturated heterocycles. The number of aromatic amines is 1. The summed E-state index contributed by atoms with van der Waals surface area (Å²) in [5, 5.41) is 9.10. The number of nitrogens with one attached hydrogen (secondary N) is 4. The van der Waals surface area contributed by atoms with Crippen LogP contribution in [0.3, 0.4) is 0 Å². The van der Waals surface area contributed by atoms with Gasteiger partial charge in [-0.2, -0.15) is 0 Å². The van der Waals surface area contributed by atoms with Gasteiger partial charge >= 0.3 is 0 Å². The number of halogens is 1. The molecule has 42 heavy (non-hydrogen) atoms. The number of nitrogens with zero attached hydrogens (tertiary/aromatic N) is 2. The van der Waals surface area contributed by atoms with Crippen molar-refractivity contribution in [2.45, 2.75) is 26.4 Å². The van der Waals surface area contributed by atoms with Crippen LogP contribution in [0.15, 0.2) is 84.0 Å². The van der Waals surface area contributed by atoms with E-state index in [1.807, 2.05) is 19.1 Å². The summed E-state index contributed by atoms with van der Waals surface area (Å²) in [4.78, 5) is 46.5. The fourth-order valence-corrected chi connectivity index (χ4v) is 4.77. The van der Waals surface area contributed by atoms with Crippen molar-refractivity contribution in [2.75, 3.05) is 18.9 Å². The number of H-pyrrole nitrogens is 1. The van der Waals surface area contributed by atoms with Crippen molar-refractivity contribution in [1.29, 1.82) is 0 Å². The molecule has 0 aliphatic rings. The molecule has 0 radical (unpaired) electrons. The average molecular weight is 567 g/mol. The molecule has 214 valence electrons. The maximum Gasteiger partial charge on any atom is 0.275 e. The number of carbonyl (C=O) groups excluding carboxylic acids is 2. The molecule has 0 saturated carbocycles. The van der Waals surface area contributed by atoms with Crippen LogP contribution in [0.4, 0.5) is 10.1 Å². The highest BCUT2D eigenvalue weighted by atomic mass is 19.1. The summed E-state index contributed by atoms with van der Waals surface area (Å²) in [7, 11) is 1.66. The van der Waals surface area contributed by atoms with Crippen LogP contribution < -0.4 is 21.5 Å². The number of amides is 2. The van der Waals surface area contributed by atoms with E-state index in [1.54, 1.807) is 73.5 Å². The molecular formula is C32H31FN6O3. The van der Waals surface area contributed by atoms with E-state index in [4.69, 9.17) is 0 Å². The van der Waals surface area contributed by atoms with Crippen LogP contribution in [-0.2, 0) is 11.3 Å². The van der Waals surface area contributed by atoms with E-state index < -0.39 is 11.6 Å². The highest BCUT2D eigenvalue weighted by Crippen LogP contribution is 2.30. The first kappa shape index (κ1) is 28.4. The van der Waals surface area contributed by atoms with E-state index in [0.717, 1.165) is 22.0 Å². The highest BCUT2D eigenvalue weighted by Gasteiger charge is 2.18. The number of hydrogen-bond donors (Lipinski definition) is 4. The van der Waals surface area contributed by atoms with Gasteiger partial charge in [0, 0.05) is 52.7 Å². The van der Waals surface area contributed by atoms with Crippen molar-refractivity contribution in [3.05, 3.63) is 107 Å². The van der Waals surface area contributed by atoms with Gasteiger partial charge in [-0.15, -0.1) is 0 Å². The van der Waals surface area contributed by atoms with Crippen molar-refractivity contribution < 1.29 is 14.0 Å². The smallest absolute Gasteiger partial charge is 0.275 e. The Kier molecular flexibility index (Phi) is 8.26. The lowest BCUT2D eigenvalue weighted by molar-refractivity contribution is -0.117. The monoisotopic (exact) mass is 566 g/mol. The normalized spacial score (nSPS) is 11.8. The molecule has 9 nitrogen and oxygen atoms in total. The summed E-state index contributed by atoms with van der Waals surface area (Å²) in [5.41, 5.74) is 4.44. The number of carbonyl (C=O) groups is 2. The molecule has 0 spiro atoms. The zero-order valence-electron chi connectivity index (χ0n) is 23.5. The zero-order valence-corrected chi connectivity index (χ0v) is 23.5. The van der Waals surface area contributed by atoms with Crippen molar-refractivity contribution in [3.63, 3.8) is 0 Å². The van der Waals surface area contributed by atoms with Crippen molar-refractivity contribution in [2.24, 2.45) is 0 Å². The molecule has 5 aromatic rings. The minimum Gasteiger partial charge on any atom is -0.361 e. The van der Waals surface area contributed by atoms with Gasteiger partial charge in [0.2, 0.25) is 5.91 Å². The van der Waals surface area contributed by atoms with Gasteiger partial charge in [0.25, 0.3) is 11.5 Å². The van der Waals surface area contributed by atoms with Crippen molar-refractivity contribution in [1.82, 2.24) is 25.2 Å². The number of aromatic nitrogens is 3. The van der Waals surface area contributed by atoms with Crippen LogP contribution >= 0.6 is 0 Å². The third-order valence-electron chi connectivity index (χ3n) is 7.11. The van der Waals surface area contributed by atoms with E-state index in [1.165, 1.54) is 12.1 Å². The van der Waals surface area contributed by atoms with Gasteiger partial charge in [-0.25, -0.2) is 4.39 Å². The largest absolute Gasteiger partial charge is 0.361 e. The molecule has 4 N–H and O–H groups in total. The SMILES string of the molecule is CCNC(=O)c1cccc(-c2ccc(NC(=O)[C@H](C)NC)c(=O)n2Cc2cncc(-c3c[nH]c4ccc(F)cc34)c2)c1. The standard InChI is InChI=1S/C32H31FN6O3/c1-4-36-31(41)22-7-5-6-21(13-22)29-11-10-28(38-30(40)19(2)34-3)32(42)39(29)18-20-12-23(16-35-15-20)26-17-37-27-9-8-24(33)14-25(26)27/h5-17,19,34,37H,4,18H2,1-3H3,(H,36,41)(H,38,40)/t19-/m0/s1. The second-order valence-corrected chi connectivity index (χ2v) is 9.94. The molecule has 2 amide bonds. The molecule has 2 aromatic carbocycles. The van der Waals surface area contributed by atoms with E-state index in [-0.39, 0.29) is 29.9 Å². The van der Waals surface area contributed by atoms with Crippen molar-refractivity contribution in [3.8, 4) is 22.4 Å². The minimum atomic E-state index is -0.506. The van der Waals surface area contributed by atoms with E-state index in [0.29, 0.717) is 28.9 Å². The van der Waals surface area contributed by atoms with Crippen LogP contribution in [0.25, 0.3) is 33.3 Å². The second kappa shape index (κ2) is 12.2. The number of benzene rings is 2. The molecule has 1 atom stereocenters. The molecule has 5 rings (SSSR count). The van der Waals surface area contributed by atoms with Gasteiger partial charge in [0.15, 0.2) is 0 Å². The van der Waals surface area contributed by atoms with Gasteiger partial charge in [0.05, 0.1) is 18.3 Å². The lowest BCUT2D eigenvalue weighted by atomic mass is 10.0. The van der Waals surface area contributed by atoms with Gasteiger partial charge in [0.1, 0.15) is 11.5 Å². The van der Waals surface area contributed by atoms with Gasteiger partial charge < -0.3 is 25.5 Å². The maximum atomic E-state index is 14.0. The van der Waals surface area contributed by atoms with E-state index in [9.17, 15) is 18.8 Å². The lowest BCUT2D eigenvalue weighted by Crippen LogP contribution is -2.37. The summed E-state index contributed by atoms with van der Waals surface area (Å²) in [6.07, 6.45) is 5.15. The fourth-order valence-electron chi connectivity index (χ4n) is 4.77. The van der Waals surface area contributed by atoms with Crippen LogP contribution in [0.1, 0.15) is 29.8 Å². The number of pyridine rings is 2. The number of rotatable bonds is 9. The Balaban J connectivity index is 1.59. The van der Waals surface area contributed by atoms with Crippen LogP contribution in [0.5, 0.6) is 0 Å². The Morgan fingerprint density at radius 2 is 1.88 bits per heavy atom. The third kappa shape index (κ3) is 5.84. The number of fused-ring (bicyclic) bond motifs is 1. The molecule has 10 heteroatoms. The molecule has 0 unspecified atom stereocenters. The summed E-state index contributed by atoms with van der Waals surface area (Å²) < 4.78 is 15.6. The second-order valence-electron chi connectivity index (χ2n) is 9.94. The van der Waals surface area contributed by atoms with Crippen LogP contribution in [-0.4, -0.2) is 46.0 Å². The molecule has 3 aromatic heterocycles. The van der Waals surface area contributed by atoms with Gasteiger partial charge in [-0.1, -0.05) is 12.1 Å². The summed E-state index contributed by atoms with van der Waals surface area (Å²) >= 11 is 0. The first-order chi connectivity index (χ1) is 20.3. The summed E-state index contributed by atoms with van der Waals surface area (Å²) in [6.45, 7) is 4.15. The number of anilines is 1. The minimum absolute atomic E-state index is 0.127. The summed E-state index contributed by atoms with van der Waals surface area (Å²) in [6, 6.07) is 16.3. The fraction of sp³-hybridized carbons (Fsp3) is 0.188. The Hall–Kier alpha value is -5.09. The Labute approximate surface area is 241 Å². The first-order valence-corrected chi connectivity index (χ1v) is 13.6. The summed E-state index contributed by atoms with van der Waals surface area (Å²) in [5.74, 6) is -0.905. The Bertz CT molecular complexity index is 1840. The van der Waals surface area contributed by atoms with Crippen LogP contribution in [0, 0.1) is 5.82 Å². The number of hydrogen-bond acceptors (Lipinski definition) is 5. The number of likely N-dealkylation sites (N-methyl/N-ethyl adjacent to an activating group) is 1. The topological polar surface area (TPSA) is 121 Å². The average Bonchev–Trinajstić information content (AvgIpc) is 3.42. The zero-order chi connectivity index (χ0) is 29.8. The van der Waals surface area contributed by atoms with Crippen LogP contribution in [0.2, 0.25) is 0 Å². The predicted octanol–water partition coefficient (Wildman–Crippen LogP) is 4.54. The first-order valence-electron chi connectivity index (χ1n) is 13.6. The lowest BCUT2D eigenvalue weighted by Gasteiger charge is -2.17. The quantitative estimate of drug-likeness (QED) is 0.209. The van der Waals surface area contributed by atoms with Gasteiger partial charge in [-0.3, -0.25) is 19.4 Å². The molecule has 0 aliphatic carbocycles. The third-order valence-corrected chi connectivity index (χ3v) is 7.11. The molecule has 0 aliphatic heterocycles. The Morgan fingerprint density at radius 1 is 1.05 bits per heavy atom.